The number of hydrogen-bond donors (Lipinski definition) is 1. The van der Waals surface area contributed by atoms with Gasteiger partial charge in [-0.1, -0.05) is 0 Å². The summed E-state index contributed by atoms with van der Waals surface area (Å²) < 4.78 is 5.32. The van der Waals surface area contributed by atoms with Gasteiger partial charge in [-0.25, -0.2) is 15.0 Å². The number of rotatable bonds is 3. The molecule has 3 heterocycles. The van der Waals surface area contributed by atoms with Crippen LogP contribution in [0.1, 0.15) is 12.8 Å². The van der Waals surface area contributed by atoms with Gasteiger partial charge in [-0.05, 0) is 12.8 Å². The molecule has 6 nitrogen and oxygen atoms in total. The van der Waals surface area contributed by atoms with E-state index in [1.54, 1.807) is 6.33 Å². The molecule has 0 spiro atoms. The summed E-state index contributed by atoms with van der Waals surface area (Å²) in [6.45, 7) is 5.54. The minimum absolute atomic E-state index is 0.775. The van der Waals surface area contributed by atoms with Crippen LogP contribution in [0.5, 0.6) is 0 Å². The molecule has 1 aromatic rings. The van der Waals surface area contributed by atoms with Crippen molar-refractivity contribution >= 4 is 11.6 Å². The lowest BCUT2D eigenvalue weighted by atomic mass is 10.4. The average Bonchev–Trinajstić information content (AvgIpc) is 2.94. The van der Waals surface area contributed by atoms with Gasteiger partial charge in [0.1, 0.15) is 18.0 Å². The molecular formula is C12H19N5O. The van der Waals surface area contributed by atoms with E-state index in [1.807, 2.05) is 6.07 Å². The molecule has 2 fully saturated rings. The molecule has 18 heavy (non-hydrogen) atoms. The summed E-state index contributed by atoms with van der Waals surface area (Å²) in [5, 5.41) is 2.14. The van der Waals surface area contributed by atoms with Crippen LogP contribution in [0, 0.1) is 0 Å². The molecule has 98 valence electrons. The van der Waals surface area contributed by atoms with Gasteiger partial charge in [0.05, 0.1) is 13.2 Å². The fourth-order valence-electron chi connectivity index (χ4n) is 2.36. The maximum Gasteiger partial charge on any atom is 0.145 e. The molecule has 0 unspecified atom stereocenters. The second-order valence-electron chi connectivity index (χ2n) is 4.67. The van der Waals surface area contributed by atoms with E-state index in [0.717, 1.165) is 51.0 Å². The second kappa shape index (κ2) is 5.49. The van der Waals surface area contributed by atoms with E-state index in [2.05, 4.69) is 25.3 Å². The third-order valence-electron chi connectivity index (χ3n) is 3.37. The van der Waals surface area contributed by atoms with Gasteiger partial charge in [-0.2, -0.15) is 0 Å². The lowest BCUT2D eigenvalue weighted by molar-refractivity contribution is 0.0495. The molecule has 1 N–H and O–H groups in total. The summed E-state index contributed by atoms with van der Waals surface area (Å²) in [7, 11) is 0. The van der Waals surface area contributed by atoms with Gasteiger partial charge in [-0.15, -0.1) is 0 Å². The van der Waals surface area contributed by atoms with Gasteiger partial charge < -0.3 is 15.1 Å². The van der Waals surface area contributed by atoms with Crippen LogP contribution in [-0.2, 0) is 4.74 Å². The predicted octanol–water partition coefficient (Wildman–Crippen LogP) is 0.736. The molecule has 2 aliphatic heterocycles. The van der Waals surface area contributed by atoms with Crippen LogP contribution < -0.4 is 10.3 Å². The van der Waals surface area contributed by atoms with Gasteiger partial charge >= 0.3 is 0 Å². The average molecular weight is 249 g/mol. The van der Waals surface area contributed by atoms with Crippen LogP contribution >= 0.6 is 0 Å². The number of anilines is 2. The fraction of sp³-hybridized carbons (Fsp3) is 0.667. The predicted molar refractivity (Wildman–Crippen MR) is 69.5 cm³/mol. The van der Waals surface area contributed by atoms with Crippen LogP contribution in [0.2, 0.25) is 0 Å². The highest BCUT2D eigenvalue weighted by atomic mass is 16.5. The molecular weight excluding hydrogens is 230 g/mol. The molecule has 0 saturated carbocycles. The van der Waals surface area contributed by atoms with Crippen LogP contribution in [0.25, 0.3) is 0 Å². The third kappa shape index (κ3) is 2.70. The van der Waals surface area contributed by atoms with Crippen molar-refractivity contribution in [1.29, 1.82) is 0 Å². The molecule has 2 saturated heterocycles. The van der Waals surface area contributed by atoms with Crippen LogP contribution in [0.4, 0.5) is 11.6 Å². The van der Waals surface area contributed by atoms with Crippen molar-refractivity contribution in [3.05, 3.63) is 12.4 Å². The summed E-state index contributed by atoms with van der Waals surface area (Å²) in [6.07, 6.45) is 4.16. The Bertz CT molecular complexity index is 388. The number of nitrogens with one attached hydrogen (secondary N) is 1. The summed E-state index contributed by atoms with van der Waals surface area (Å²) in [5.74, 6) is 1.90. The summed E-state index contributed by atoms with van der Waals surface area (Å²) >= 11 is 0. The fourth-order valence-corrected chi connectivity index (χ4v) is 2.36. The first-order valence-electron chi connectivity index (χ1n) is 6.58. The Labute approximate surface area is 107 Å². The normalized spacial score (nSPS) is 21.2. The molecule has 0 atom stereocenters. The lowest BCUT2D eigenvalue weighted by Crippen LogP contribution is -2.40. The molecule has 0 amide bonds. The summed E-state index contributed by atoms with van der Waals surface area (Å²) in [5.41, 5.74) is 3.32. The van der Waals surface area contributed by atoms with Crippen molar-refractivity contribution < 1.29 is 4.74 Å². The molecule has 1 aromatic heterocycles. The zero-order chi connectivity index (χ0) is 12.2. The Kier molecular flexibility index (Phi) is 3.56. The second-order valence-corrected chi connectivity index (χ2v) is 4.67. The Balaban J connectivity index is 1.66. The number of ether oxygens (including phenoxy) is 1. The van der Waals surface area contributed by atoms with E-state index in [-0.39, 0.29) is 0 Å². The zero-order valence-electron chi connectivity index (χ0n) is 10.5. The number of nitrogens with zero attached hydrogens (tertiary/aromatic N) is 4. The van der Waals surface area contributed by atoms with Crippen LogP contribution in [0.15, 0.2) is 12.4 Å². The minimum atomic E-state index is 0.775. The van der Waals surface area contributed by atoms with Gasteiger partial charge in [0.25, 0.3) is 0 Å². The van der Waals surface area contributed by atoms with Crippen LogP contribution in [0.3, 0.4) is 0 Å². The van der Waals surface area contributed by atoms with Crippen molar-refractivity contribution in [2.45, 2.75) is 12.8 Å². The zero-order valence-corrected chi connectivity index (χ0v) is 10.5. The quantitative estimate of drug-likeness (QED) is 0.852. The molecule has 2 aliphatic rings. The van der Waals surface area contributed by atoms with Gasteiger partial charge in [0, 0.05) is 32.2 Å². The largest absolute Gasteiger partial charge is 0.379 e. The molecule has 3 rings (SSSR count). The number of aromatic nitrogens is 2. The summed E-state index contributed by atoms with van der Waals surface area (Å²) in [6, 6.07) is 2.03. The van der Waals surface area contributed by atoms with Gasteiger partial charge in [-0.3, -0.25) is 0 Å². The number of hydrazine groups is 1. The lowest BCUT2D eigenvalue weighted by Gasteiger charge is -2.27. The Morgan fingerprint density at radius 3 is 2.61 bits per heavy atom. The minimum Gasteiger partial charge on any atom is -0.379 e. The highest BCUT2D eigenvalue weighted by Crippen LogP contribution is 2.19. The van der Waals surface area contributed by atoms with E-state index in [1.165, 1.54) is 12.8 Å². The van der Waals surface area contributed by atoms with E-state index >= 15 is 0 Å². The molecule has 0 radical (unpaired) electrons. The van der Waals surface area contributed by atoms with Crippen molar-refractivity contribution in [3.63, 3.8) is 0 Å². The highest BCUT2D eigenvalue weighted by Gasteiger charge is 2.15. The topological polar surface area (TPSA) is 53.5 Å². The molecule has 0 bridgehead atoms. The van der Waals surface area contributed by atoms with Crippen molar-refractivity contribution in [2.24, 2.45) is 0 Å². The Morgan fingerprint density at radius 2 is 1.83 bits per heavy atom. The first kappa shape index (κ1) is 11.7. The SMILES string of the molecule is c1nc(NN2CCOCC2)cc(N2CCCC2)n1. The maximum absolute atomic E-state index is 5.32. The number of hydrogen-bond acceptors (Lipinski definition) is 6. The number of morpholine rings is 1. The first-order valence-corrected chi connectivity index (χ1v) is 6.58. The van der Waals surface area contributed by atoms with E-state index < -0.39 is 0 Å². The highest BCUT2D eigenvalue weighted by molar-refractivity contribution is 5.48. The van der Waals surface area contributed by atoms with Crippen LogP contribution in [-0.4, -0.2) is 54.4 Å². The van der Waals surface area contributed by atoms with Crippen molar-refractivity contribution in [1.82, 2.24) is 15.0 Å². The van der Waals surface area contributed by atoms with Gasteiger partial charge in [0.15, 0.2) is 0 Å². The standard InChI is InChI=1S/C12H19N5O/c1-2-4-16(3-1)12-9-11(13-10-14-12)15-17-5-7-18-8-6-17/h9-10H,1-8H2,(H,13,14,15). The smallest absolute Gasteiger partial charge is 0.145 e. The van der Waals surface area contributed by atoms with Crippen molar-refractivity contribution in [2.75, 3.05) is 49.7 Å². The van der Waals surface area contributed by atoms with Gasteiger partial charge in [0.2, 0.25) is 0 Å². The van der Waals surface area contributed by atoms with E-state index in [4.69, 9.17) is 4.74 Å². The Hall–Kier alpha value is -1.40. The Morgan fingerprint density at radius 1 is 1.06 bits per heavy atom. The maximum atomic E-state index is 5.32. The van der Waals surface area contributed by atoms with E-state index in [9.17, 15) is 0 Å². The monoisotopic (exact) mass is 249 g/mol. The summed E-state index contributed by atoms with van der Waals surface area (Å²) in [4.78, 5) is 10.9. The molecule has 0 aliphatic carbocycles. The van der Waals surface area contributed by atoms with Crippen molar-refractivity contribution in [3.8, 4) is 0 Å². The molecule has 6 heteroatoms. The van der Waals surface area contributed by atoms with E-state index in [0.29, 0.717) is 0 Å². The first-order chi connectivity index (χ1) is 8.92. The third-order valence-corrected chi connectivity index (χ3v) is 3.37. The molecule has 0 aromatic carbocycles.